The lowest BCUT2D eigenvalue weighted by Crippen LogP contribution is -2.16. The third-order valence-corrected chi connectivity index (χ3v) is 25.5. The van der Waals surface area contributed by atoms with Gasteiger partial charge in [0.15, 0.2) is 0 Å². The number of hydrogen-bond acceptors (Lipinski definition) is 6. The van der Waals surface area contributed by atoms with Crippen LogP contribution >= 0.6 is 0 Å². The van der Waals surface area contributed by atoms with Crippen LogP contribution in [0, 0.1) is 70.1 Å². The van der Waals surface area contributed by atoms with Gasteiger partial charge in [-0.25, -0.2) is 15.0 Å². The number of nitrogens with zero attached hydrogens (tertiary/aromatic N) is 5. The third kappa shape index (κ3) is 16.9. The van der Waals surface area contributed by atoms with E-state index in [9.17, 15) is 4.79 Å². The number of aryl methyl sites for hydroxylation is 6. The van der Waals surface area contributed by atoms with Crippen LogP contribution < -0.4 is 11.3 Å². The molecule has 8 heteroatoms. The minimum absolute atomic E-state index is 0.0654. The molecule has 110 heavy (non-hydrogen) atoms. The summed E-state index contributed by atoms with van der Waals surface area (Å²) in [7, 11) is 0. The lowest BCUT2D eigenvalue weighted by Gasteiger charge is -2.31. The van der Waals surface area contributed by atoms with E-state index in [1.165, 1.54) is 145 Å². The number of rotatable bonds is 7. The fourth-order valence-electron chi connectivity index (χ4n) is 19.8. The molecule has 0 bridgehead atoms. The first-order valence-electron chi connectivity index (χ1n) is 42.3. The van der Waals surface area contributed by atoms with Crippen LogP contribution in [0.2, 0.25) is 0 Å². The van der Waals surface area contributed by atoms with E-state index in [0.717, 1.165) is 71.8 Å². The van der Waals surface area contributed by atoms with E-state index in [4.69, 9.17) is 10.7 Å². The van der Waals surface area contributed by atoms with Gasteiger partial charge in [0.25, 0.3) is 5.56 Å². The number of nitrogens with one attached hydrogen (secondary N) is 1. The molecule has 18 rings (SSSR count). The van der Waals surface area contributed by atoms with Crippen molar-refractivity contribution in [1.82, 2.24) is 29.3 Å². The molecule has 7 aromatic carbocycles. The summed E-state index contributed by atoms with van der Waals surface area (Å²) in [6, 6.07) is 38.4. The van der Waals surface area contributed by atoms with Crippen LogP contribution in [-0.2, 0) is 38.5 Å². The predicted octanol–water partition coefficient (Wildman–Crippen LogP) is 26.4. The summed E-state index contributed by atoms with van der Waals surface area (Å²) < 4.78 is 2.10. The van der Waals surface area contributed by atoms with E-state index in [0.29, 0.717) is 65.1 Å². The number of pyridine rings is 1. The van der Waals surface area contributed by atoms with Crippen molar-refractivity contribution in [1.29, 1.82) is 0 Å². The van der Waals surface area contributed by atoms with Crippen molar-refractivity contribution in [3.05, 3.63) is 268 Å². The second kappa shape index (κ2) is 34.5. The molecule has 578 valence electrons. The number of benzene rings is 7. The zero-order chi connectivity index (χ0) is 78.8. The van der Waals surface area contributed by atoms with Gasteiger partial charge in [-0.3, -0.25) is 14.2 Å². The van der Waals surface area contributed by atoms with Crippen molar-refractivity contribution in [2.45, 2.75) is 271 Å². The maximum Gasteiger partial charge on any atom is 0.254 e. The lowest BCUT2D eigenvalue weighted by atomic mass is 9.73. The Morgan fingerprint density at radius 1 is 0.500 bits per heavy atom. The number of nitrogen functional groups attached to an aromatic ring is 1. The van der Waals surface area contributed by atoms with Crippen LogP contribution in [0.4, 0.5) is 5.69 Å². The Morgan fingerprint density at radius 2 is 1.06 bits per heavy atom. The molecule has 3 N–H and O–H groups in total. The number of nitrogens with two attached hydrogens (primary N) is 1. The molecule has 6 atom stereocenters. The van der Waals surface area contributed by atoms with Crippen LogP contribution in [-0.4, -0.2) is 29.3 Å². The number of allylic oxidation sites excluding steroid dienone is 6. The van der Waals surface area contributed by atoms with E-state index >= 15 is 0 Å². The minimum atomic E-state index is 0.0654. The summed E-state index contributed by atoms with van der Waals surface area (Å²) >= 11 is 0. The smallest absolute Gasteiger partial charge is 0.254 e. The Balaban J connectivity index is 0.000000120. The Kier molecular flexibility index (Phi) is 25.3. The zero-order valence-corrected chi connectivity index (χ0v) is 71.0. The van der Waals surface area contributed by atoms with Crippen molar-refractivity contribution < 1.29 is 0 Å². The molecule has 0 radical (unpaired) electrons. The summed E-state index contributed by atoms with van der Waals surface area (Å²) in [6.07, 6.45) is 27.0. The van der Waals surface area contributed by atoms with E-state index < -0.39 is 0 Å². The minimum Gasteiger partial charge on any atom is -0.398 e. The van der Waals surface area contributed by atoms with Gasteiger partial charge in [0.2, 0.25) is 0 Å². The molecule has 6 unspecified atom stereocenters. The third-order valence-electron chi connectivity index (χ3n) is 25.5. The normalized spacial score (nSPS) is 19.0. The standard InChI is InChI=1S/C20H18.C18H22.C15H20.C14H20.C13H17N3.C11H16N2O.C11H16N2/c1-12(2)16-10-9-15-8-7-14-5-4-6-17-13(3)11-18(16)20(15)19(14)17;1-12(2)14-9-6-10-17-16-8-5-4-7-15(16)13(3)11-18(14)17;1-10(2)13-6-5-7-14-12(4)8-11(3)9-15(13)14;1-9(2)12-5-6-13-11(4)7-10(3)8-14(12)13;1-8(2)10-4-5-11-12(10)15-9(3)16-7-6-14-13(11)16;1-6(2)8-4-5-9-10(8)12-7(3)13-11(9)14;1-7(2)8-3-4-9-10(12)5-6-13-11(8)9/h4-12H,1-3H3;4,6-7,9-10,12-13H,5,8,11H2,1-3H3;5-8,10-11H,9H2,1-4H3;7-9,12H,5-6H2,1-4H3;6-8,10H,4-5H2,1-3H3;6,8H,4-5H2,1-3H3,(H,12,13,14);5-8H,3-4H2,1-2H3,(H2,12,13). The number of H-pyrrole nitrogens is 1. The number of fused-ring (bicyclic) bond motifs is 9. The second-order valence-corrected chi connectivity index (χ2v) is 35.8. The molecule has 7 aliphatic carbocycles. The van der Waals surface area contributed by atoms with E-state index in [1.54, 1.807) is 44.5 Å². The van der Waals surface area contributed by atoms with Crippen molar-refractivity contribution in [2.75, 3.05) is 5.73 Å². The molecule has 0 aliphatic heterocycles. The second-order valence-electron chi connectivity index (χ2n) is 35.8. The molecule has 4 aromatic heterocycles. The summed E-state index contributed by atoms with van der Waals surface area (Å²) in [5, 5.41) is 8.40. The topological polar surface area (TPSA) is 115 Å². The lowest BCUT2D eigenvalue weighted by molar-refractivity contribution is 0.486. The summed E-state index contributed by atoms with van der Waals surface area (Å²) in [4.78, 5) is 32.5. The Morgan fingerprint density at radius 3 is 1.72 bits per heavy atom. The average Bonchev–Trinajstić information content (AvgIpc) is 1.06. The highest BCUT2D eigenvalue weighted by Gasteiger charge is 2.33. The monoisotopic (exact) mass is 1470 g/mol. The molecule has 0 spiro atoms. The Labute approximate surface area is 660 Å². The van der Waals surface area contributed by atoms with Crippen LogP contribution in [0.1, 0.15) is 310 Å². The fourth-order valence-corrected chi connectivity index (χ4v) is 19.8. The van der Waals surface area contributed by atoms with Gasteiger partial charge < -0.3 is 10.7 Å². The van der Waals surface area contributed by atoms with Crippen LogP contribution in [0.25, 0.3) is 49.1 Å². The highest BCUT2D eigenvalue weighted by atomic mass is 16.1. The summed E-state index contributed by atoms with van der Waals surface area (Å²) in [6.45, 7) is 49.4. The molecule has 0 saturated carbocycles. The molecule has 0 fully saturated rings. The highest BCUT2D eigenvalue weighted by Crippen LogP contribution is 2.46. The maximum absolute atomic E-state index is 11.6. The largest absolute Gasteiger partial charge is 0.398 e. The van der Waals surface area contributed by atoms with Crippen molar-refractivity contribution >= 4 is 54.8 Å². The average molecular weight is 1470 g/mol. The van der Waals surface area contributed by atoms with Gasteiger partial charge in [-0.05, 0) is 300 Å². The SMILES string of the molecule is CC(C)C1CCc2c(N)ccnc21.CC1=CC(C)Cc2c1cccc2C(C)C.CC1Cc2c(cccc2C(C)C)C2=C1C=CCC2.Cc1cc(C)c2c(c1)C(C(C)C)CC2.Cc1cc2c(C(C)C)ccc3ccc4cccc1c4c32.Cc1nc2c(c(=O)[nH]1)CCC2C(C)C.Cc1nc2c(c3nccn13)CCC2C(C)C. The number of anilines is 1. The number of hydrogen-bond donors (Lipinski definition) is 2. The molecular weight excluding hydrogens is 1340 g/mol. The molecule has 11 aromatic rings. The number of aromatic nitrogens is 6. The number of imidazole rings is 1. The zero-order valence-electron chi connectivity index (χ0n) is 71.0. The predicted molar refractivity (Wildman–Crippen MR) is 470 cm³/mol. The van der Waals surface area contributed by atoms with Gasteiger partial charge in [0.1, 0.15) is 17.3 Å². The van der Waals surface area contributed by atoms with Crippen LogP contribution in [0.5, 0.6) is 0 Å². The Hall–Kier alpha value is -8.75. The quantitative estimate of drug-likeness (QED) is 0.154. The molecule has 4 heterocycles. The van der Waals surface area contributed by atoms with Gasteiger partial charge in [-0.15, -0.1) is 0 Å². The molecule has 7 aliphatic rings. The van der Waals surface area contributed by atoms with Gasteiger partial charge in [-0.2, -0.15) is 0 Å². The van der Waals surface area contributed by atoms with Gasteiger partial charge in [-0.1, -0.05) is 232 Å². The van der Waals surface area contributed by atoms with Crippen molar-refractivity contribution in [2.24, 2.45) is 35.5 Å². The first-order valence-corrected chi connectivity index (χ1v) is 42.3. The molecule has 8 nitrogen and oxygen atoms in total. The van der Waals surface area contributed by atoms with Crippen LogP contribution in [0.3, 0.4) is 0 Å². The maximum atomic E-state index is 11.6. The van der Waals surface area contributed by atoms with Crippen molar-refractivity contribution in [3.8, 4) is 0 Å². The Bertz CT molecular complexity index is 5270. The van der Waals surface area contributed by atoms with E-state index in [-0.39, 0.29) is 5.56 Å². The van der Waals surface area contributed by atoms with Gasteiger partial charge in [0.05, 0.1) is 11.4 Å². The highest BCUT2D eigenvalue weighted by molar-refractivity contribution is 6.24. The first-order chi connectivity index (χ1) is 52.5. The van der Waals surface area contributed by atoms with E-state index in [2.05, 4.69) is 285 Å². The van der Waals surface area contributed by atoms with Crippen molar-refractivity contribution in [3.63, 3.8) is 0 Å². The number of aromatic amines is 1. The molecule has 0 saturated heterocycles. The first kappa shape index (κ1) is 80.8. The van der Waals surface area contributed by atoms with Gasteiger partial charge in [0, 0.05) is 58.9 Å². The fraction of sp³-hybridized carbons (Fsp3) is 0.461. The molecular formula is C102H129N7O. The van der Waals surface area contributed by atoms with E-state index in [1.807, 2.05) is 31.6 Å². The summed E-state index contributed by atoms with van der Waals surface area (Å²) in [5.74, 6) is 10.2. The van der Waals surface area contributed by atoms with Gasteiger partial charge >= 0.3 is 0 Å². The molecule has 0 amide bonds. The van der Waals surface area contributed by atoms with Crippen LogP contribution in [0.15, 0.2) is 150 Å². The summed E-state index contributed by atoms with van der Waals surface area (Å²) in [5.41, 5.74) is 38.2.